The Morgan fingerprint density at radius 3 is 2.89 bits per heavy atom. The van der Waals surface area contributed by atoms with E-state index >= 15 is 0 Å². The van der Waals surface area contributed by atoms with E-state index in [1.165, 1.54) is 13.4 Å². The van der Waals surface area contributed by atoms with Crippen LogP contribution in [0.25, 0.3) is 11.2 Å². The number of fused-ring (bicyclic) bond motifs is 1. The summed E-state index contributed by atoms with van der Waals surface area (Å²) in [6, 6.07) is 0. The van der Waals surface area contributed by atoms with Gasteiger partial charge in [0.05, 0.1) is 26.1 Å². The van der Waals surface area contributed by atoms with Crippen LogP contribution in [0.15, 0.2) is 15.9 Å². The van der Waals surface area contributed by atoms with Crippen molar-refractivity contribution < 1.29 is 9.47 Å². The van der Waals surface area contributed by atoms with Gasteiger partial charge in [-0.05, 0) is 0 Å². The molecule has 96 valence electrons. The first-order valence-electron chi connectivity index (χ1n) is 5.54. The van der Waals surface area contributed by atoms with Crippen LogP contribution in [0.2, 0.25) is 0 Å². The van der Waals surface area contributed by atoms with Crippen molar-refractivity contribution in [1.29, 1.82) is 0 Å². The van der Waals surface area contributed by atoms with Crippen molar-refractivity contribution in [1.82, 2.24) is 19.1 Å². The molecule has 1 N–H and O–H groups in total. The molecule has 0 spiro atoms. The summed E-state index contributed by atoms with van der Waals surface area (Å²) < 4.78 is 13.3. The molecule has 0 saturated carbocycles. The minimum atomic E-state index is -0.480. The maximum atomic E-state index is 12.0. The van der Waals surface area contributed by atoms with E-state index in [0.717, 1.165) is 4.57 Å². The van der Waals surface area contributed by atoms with Gasteiger partial charge in [-0.1, -0.05) is 0 Å². The summed E-state index contributed by atoms with van der Waals surface area (Å²) in [6.07, 6.45) is 1.12. The van der Waals surface area contributed by atoms with Crippen LogP contribution in [0.1, 0.15) is 0 Å². The number of nitrogens with zero attached hydrogens (tertiary/aromatic N) is 3. The van der Waals surface area contributed by atoms with Gasteiger partial charge >= 0.3 is 5.69 Å². The molecule has 8 heteroatoms. The van der Waals surface area contributed by atoms with Crippen LogP contribution in [0, 0.1) is 0 Å². The minimum absolute atomic E-state index is 0.279. The van der Waals surface area contributed by atoms with E-state index in [-0.39, 0.29) is 17.5 Å². The largest absolute Gasteiger partial charge is 0.348 e. The average Bonchev–Trinajstić information content (AvgIpc) is 2.97. The van der Waals surface area contributed by atoms with Crippen LogP contribution in [-0.4, -0.2) is 38.6 Å². The molecule has 2 aromatic heterocycles. The van der Waals surface area contributed by atoms with E-state index in [4.69, 9.17) is 9.47 Å². The highest BCUT2D eigenvalue weighted by Gasteiger charge is 2.19. The lowest BCUT2D eigenvalue weighted by molar-refractivity contribution is -0.0518. The summed E-state index contributed by atoms with van der Waals surface area (Å²) >= 11 is 0. The zero-order valence-corrected chi connectivity index (χ0v) is 9.75. The fourth-order valence-corrected chi connectivity index (χ4v) is 1.95. The van der Waals surface area contributed by atoms with E-state index in [1.54, 1.807) is 4.57 Å². The summed E-state index contributed by atoms with van der Waals surface area (Å²) in [7, 11) is 1.42. The zero-order valence-electron chi connectivity index (χ0n) is 9.75. The molecule has 3 rings (SSSR count). The first-order valence-corrected chi connectivity index (χ1v) is 5.54. The number of aromatic amines is 1. The van der Waals surface area contributed by atoms with Crippen molar-refractivity contribution in [2.75, 3.05) is 13.2 Å². The fourth-order valence-electron chi connectivity index (χ4n) is 1.95. The van der Waals surface area contributed by atoms with Crippen molar-refractivity contribution >= 4 is 11.2 Å². The standard InChI is InChI=1S/C10H12N4O4/c1-13-9(15)7-8(12-10(13)16)11-5-14(7)4-6-17-2-3-18-6/h5-6H,2-4H2,1H3,(H,12,16). The summed E-state index contributed by atoms with van der Waals surface area (Å²) in [5.74, 6) is 0. The molecule has 0 aromatic carbocycles. The van der Waals surface area contributed by atoms with Gasteiger partial charge in [0.1, 0.15) is 0 Å². The Hall–Kier alpha value is -1.93. The molecule has 3 heterocycles. The summed E-state index contributed by atoms with van der Waals surface area (Å²) in [6.45, 7) is 1.47. The Kier molecular flexibility index (Phi) is 2.53. The number of nitrogens with one attached hydrogen (secondary N) is 1. The topological polar surface area (TPSA) is 91.1 Å². The van der Waals surface area contributed by atoms with Crippen molar-refractivity contribution in [3.63, 3.8) is 0 Å². The van der Waals surface area contributed by atoms with Crippen LogP contribution in [0.4, 0.5) is 0 Å². The number of H-pyrrole nitrogens is 1. The van der Waals surface area contributed by atoms with E-state index in [1.807, 2.05) is 0 Å². The molecule has 1 aliphatic heterocycles. The first-order chi connectivity index (χ1) is 8.66. The van der Waals surface area contributed by atoms with Crippen molar-refractivity contribution in [2.45, 2.75) is 12.8 Å². The molecular weight excluding hydrogens is 240 g/mol. The predicted octanol–water partition coefficient (Wildman–Crippen LogP) is -1.20. The maximum absolute atomic E-state index is 12.0. The van der Waals surface area contributed by atoms with Crippen LogP contribution in [-0.2, 0) is 23.1 Å². The second-order valence-corrected chi connectivity index (χ2v) is 4.06. The Balaban J connectivity index is 2.10. The number of hydrogen-bond donors (Lipinski definition) is 1. The van der Waals surface area contributed by atoms with Gasteiger partial charge in [-0.25, -0.2) is 9.78 Å². The SMILES string of the molecule is Cn1c(=O)[nH]c2ncn(CC3OCCO3)c2c1=O. The van der Waals surface area contributed by atoms with Crippen molar-refractivity contribution in [3.05, 3.63) is 27.2 Å². The van der Waals surface area contributed by atoms with Gasteiger partial charge in [-0.2, -0.15) is 0 Å². The van der Waals surface area contributed by atoms with Crippen LogP contribution in [0.5, 0.6) is 0 Å². The molecule has 8 nitrogen and oxygen atoms in total. The molecule has 1 fully saturated rings. The van der Waals surface area contributed by atoms with Gasteiger partial charge < -0.3 is 14.0 Å². The van der Waals surface area contributed by atoms with Crippen LogP contribution >= 0.6 is 0 Å². The van der Waals surface area contributed by atoms with E-state index in [0.29, 0.717) is 25.3 Å². The molecule has 0 bridgehead atoms. The van der Waals surface area contributed by atoms with Gasteiger partial charge in [0, 0.05) is 7.05 Å². The normalized spacial score (nSPS) is 16.7. The fraction of sp³-hybridized carbons (Fsp3) is 0.500. The quantitative estimate of drug-likeness (QED) is 0.724. The Labute approximate surface area is 101 Å². The lowest BCUT2D eigenvalue weighted by Gasteiger charge is -2.10. The number of imidazole rings is 1. The maximum Gasteiger partial charge on any atom is 0.329 e. The van der Waals surface area contributed by atoms with Crippen molar-refractivity contribution in [3.8, 4) is 0 Å². The smallest absolute Gasteiger partial charge is 0.329 e. The third-order valence-corrected chi connectivity index (χ3v) is 2.91. The van der Waals surface area contributed by atoms with Crippen molar-refractivity contribution in [2.24, 2.45) is 7.05 Å². The lowest BCUT2D eigenvalue weighted by Crippen LogP contribution is -2.33. The second-order valence-electron chi connectivity index (χ2n) is 4.06. The number of ether oxygens (including phenoxy) is 2. The molecule has 0 unspecified atom stereocenters. The molecule has 1 saturated heterocycles. The Bertz CT molecular complexity index is 692. The number of hydrogen-bond acceptors (Lipinski definition) is 5. The van der Waals surface area contributed by atoms with E-state index in [9.17, 15) is 9.59 Å². The summed E-state index contributed by atoms with van der Waals surface area (Å²) in [4.78, 5) is 30.0. The minimum Gasteiger partial charge on any atom is -0.348 e. The summed E-state index contributed by atoms with van der Waals surface area (Å²) in [5, 5.41) is 0. The first kappa shape index (κ1) is 11.2. The molecule has 0 aliphatic carbocycles. The lowest BCUT2D eigenvalue weighted by atomic mass is 10.5. The van der Waals surface area contributed by atoms with E-state index in [2.05, 4.69) is 9.97 Å². The van der Waals surface area contributed by atoms with Crippen LogP contribution < -0.4 is 11.2 Å². The average molecular weight is 252 g/mol. The highest BCUT2D eigenvalue weighted by Crippen LogP contribution is 2.10. The molecule has 0 atom stereocenters. The monoisotopic (exact) mass is 252 g/mol. The molecular formula is C10H12N4O4. The van der Waals surface area contributed by atoms with Gasteiger partial charge in [-0.3, -0.25) is 14.3 Å². The molecule has 1 aliphatic rings. The molecule has 0 amide bonds. The van der Waals surface area contributed by atoms with Gasteiger partial charge in [0.25, 0.3) is 5.56 Å². The van der Waals surface area contributed by atoms with E-state index < -0.39 is 5.69 Å². The third kappa shape index (κ3) is 1.66. The number of rotatable bonds is 2. The Morgan fingerprint density at radius 1 is 1.44 bits per heavy atom. The zero-order chi connectivity index (χ0) is 12.7. The highest BCUT2D eigenvalue weighted by atomic mass is 16.7. The third-order valence-electron chi connectivity index (χ3n) is 2.91. The Morgan fingerprint density at radius 2 is 2.17 bits per heavy atom. The van der Waals surface area contributed by atoms with Gasteiger partial charge in [0.15, 0.2) is 17.5 Å². The second kappa shape index (κ2) is 4.07. The van der Waals surface area contributed by atoms with Gasteiger partial charge in [-0.15, -0.1) is 0 Å². The predicted molar refractivity (Wildman–Crippen MR) is 61.3 cm³/mol. The molecule has 0 radical (unpaired) electrons. The highest BCUT2D eigenvalue weighted by molar-refractivity contribution is 5.68. The summed E-state index contributed by atoms with van der Waals surface area (Å²) in [5.41, 5.74) is -0.243. The molecule has 2 aromatic rings. The van der Waals surface area contributed by atoms with Gasteiger partial charge in [0.2, 0.25) is 0 Å². The number of aromatic nitrogens is 4. The van der Waals surface area contributed by atoms with Crippen LogP contribution in [0.3, 0.4) is 0 Å². The molecule has 18 heavy (non-hydrogen) atoms.